The molecule has 2 fully saturated rings. The van der Waals surface area contributed by atoms with Gasteiger partial charge in [-0.15, -0.1) is 0 Å². The lowest BCUT2D eigenvalue weighted by Crippen LogP contribution is -2.33. The first kappa shape index (κ1) is 19.9. The molecule has 3 rings (SSSR count). The van der Waals surface area contributed by atoms with E-state index in [1.165, 1.54) is 43.9 Å². The van der Waals surface area contributed by atoms with Crippen molar-refractivity contribution in [2.24, 2.45) is 4.99 Å². The highest BCUT2D eigenvalue weighted by Gasteiger charge is 2.38. The van der Waals surface area contributed by atoms with Crippen molar-refractivity contribution in [3.05, 3.63) is 30.3 Å². The van der Waals surface area contributed by atoms with Gasteiger partial charge in [-0.2, -0.15) is 0 Å². The Bertz CT molecular complexity index is 669. The smallest absolute Gasteiger partial charge is 0.242 e. The fourth-order valence-corrected chi connectivity index (χ4v) is 4.92. The summed E-state index contributed by atoms with van der Waals surface area (Å²) in [4.78, 5) is 31.8. The van der Waals surface area contributed by atoms with Crippen LogP contribution in [0.25, 0.3) is 0 Å². The predicted octanol–water partition coefficient (Wildman–Crippen LogP) is 4.45. The third kappa shape index (κ3) is 5.58. The maximum atomic E-state index is 12.7. The fraction of sp³-hybridized carbons (Fsp3) is 0.571. The largest absolute Gasteiger partial charge is 0.326 e. The zero-order valence-corrected chi connectivity index (χ0v) is 16.8. The third-order valence-corrected chi connectivity index (χ3v) is 6.32. The standard InChI is InChI=1S/C21H29N3O2S/c1-2-24-20(26)18(15-19(25)22-16-11-9-6-10-12-16)27-21(24)23-17-13-7-4-3-5-8-14-17/h6,9-12,17-18H,2-5,7-8,13-15H2,1H3,(H,22,25)/t18-/m1/s1. The quantitative estimate of drug-likeness (QED) is 0.812. The molecule has 0 unspecified atom stereocenters. The lowest BCUT2D eigenvalue weighted by molar-refractivity contribution is -0.128. The van der Waals surface area contributed by atoms with E-state index in [2.05, 4.69) is 5.32 Å². The number of carbonyl (C=O) groups excluding carboxylic acids is 2. The molecule has 0 aromatic heterocycles. The van der Waals surface area contributed by atoms with Crippen molar-refractivity contribution in [1.29, 1.82) is 0 Å². The molecule has 1 aliphatic heterocycles. The van der Waals surface area contributed by atoms with E-state index >= 15 is 0 Å². The van der Waals surface area contributed by atoms with Crippen LogP contribution in [0, 0.1) is 0 Å². The second-order valence-corrected chi connectivity index (χ2v) is 8.39. The summed E-state index contributed by atoms with van der Waals surface area (Å²) >= 11 is 1.46. The van der Waals surface area contributed by atoms with Gasteiger partial charge in [0.2, 0.25) is 11.8 Å². The summed E-state index contributed by atoms with van der Waals surface area (Å²) in [5, 5.41) is 3.31. The molecular weight excluding hydrogens is 358 g/mol. The number of para-hydroxylation sites is 1. The van der Waals surface area contributed by atoms with Crippen LogP contribution in [0.3, 0.4) is 0 Å². The minimum atomic E-state index is -0.374. The Labute approximate surface area is 166 Å². The number of thioether (sulfide) groups is 1. The second-order valence-electron chi connectivity index (χ2n) is 7.22. The Morgan fingerprint density at radius 2 is 1.81 bits per heavy atom. The van der Waals surface area contributed by atoms with E-state index in [1.807, 2.05) is 37.3 Å². The molecule has 1 aromatic carbocycles. The van der Waals surface area contributed by atoms with Crippen LogP contribution in [-0.2, 0) is 9.59 Å². The van der Waals surface area contributed by atoms with Crippen LogP contribution in [0.1, 0.15) is 58.3 Å². The molecule has 0 radical (unpaired) electrons. The summed E-state index contributed by atoms with van der Waals surface area (Å²) < 4.78 is 0. The molecule has 1 saturated heterocycles. The van der Waals surface area contributed by atoms with Gasteiger partial charge in [-0.05, 0) is 31.9 Å². The summed E-state index contributed by atoms with van der Waals surface area (Å²) in [6, 6.07) is 9.67. The van der Waals surface area contributed by atoms with Crippen LogP contribution in [-0.4, -0.2) is 39.7 Å². The summed E-state index contributed by atoms with van der Waals surface area (Å²) in [5.41, 5.74) is 0.758. The van der Waals surface area contributed by atoms with Crippen LogP contribution in [0.4, 0.5) is 5.69 Å². The van der Waals surface area contributed by atoms with Gasteiger partial charge in [-0.1, -0.05) is 62.1 Å². The van der Waals surface area contributed by atoms with Crippen molar-refractivity contribution in [2.75, 3.05) is 11.9 Å². The molecule has 1 atom stereocenters. The summed E-state index contributed by atoms with van der Waals surface area (Å²) in [6.07, 6.45) is 8.73. The van der Waals surface area contributed by atoms with Gasteiger partial charge >= 0.3 is 0 Å². The van der Waals surface area contributed by atoms with Crippen molar-refractivity contribution in [3.8, 4) is 0 Å². The van der Waals surface area contributed by atoms with E-state index in [9.17, 15) is 9.59 Å². The van der Waals surface area contributed by atoms with E-state index in [4.69, 9.17) is 4.99 Å². The topological polar surface area (TPSA) is 61.8 Å². The van der Waals surface area contributed by atoms with Gasteiger partial charge in [0.15, 0.2) is 5.17 Å². The molecule has 2 amide bonds. The van der Waals surface area contributed by atoms with Crippen LogP contribution < -0.4 is 5.32 Å². The minimum absolute atomic E-state index is 0.00954. The van der Waals surface area contributed by atoms with Crippen LogP contribution in [0.2, 0.25) is 0 Å². The number of hydrogen-bond donors (Lipinski definition) is 1. The van der Waals surface area contributed by atoms with Crippen LogP contribution >= 0.6 is 11.8 Å². The average Bonchev–Trinajstić information content (AvgIpc) is 2.92. The number of nitrogens with one attached hydrogen (secondary N) is 1. The number of hydrogen-bond acceptors (Lipinski definition) is 4. The van der Waals surface area contributed by atoms with E-state index < -0.39 is 0 Å². The van der Waals surface area contributed by atoms with Gasteiger partial charge in [0.05, 0.1) is 6.04 Å². The normalized spacial score (nSPS) is 23.3. The molecule has 1 saturated carbocycles. The molecule has 0 spiro atoms. The minimum Gasteiger partial charge on any atom is -0.326 e. The monoisotopic (exact) mass is 387 g/mol. The van der Waals surface area contributed by atoms with Gasteiger partial charge in [0.1, 0.15) is 5.25 Å². The second kappa shape index (κ2) is 9.93. The highest BCUT2D eigenvalue weighted by atomic mass is 32.2. The van der Waals surface area contributed by atoms with Crippen molar-refractivity contribution in [1.82, 2.24) is 4.90 Å². The number of amidine groups is 1. The van der Waals surface area contributed by atoms with E-state index in [1.54, 1.807) is 4.90 Å². The molecule has 1 aromatic rings. The van der Waals surface area contributed by atoms with Gasteiger partial charge < -0.3 is 5.32 Å². The SMILES string of the molecule is CCN1C(=O)[C@@H](CC(=O)Nc2ccccc2)SC1=NC1CCCCCCC1. The number of benzene rings is 1. The molecular formula is C21H29N3O2S. The maximum Gasteiger partial charge on any atom is 0.242 e. The zero-order chi connectivity index (χ0) is 19.1. The van der Waals surface area contributed by atoms with Crippen molar-refractivity contribution >= 4 is 34.4 Å². The summed E-state index contributed by atoms with van der Waals surface area (Å²) in [5.74, 6) is -0.120. The zero-order valence-electron chi connectivity index (χ0n) is 16.0. The van der Waals surface area contributed by atoms with Gasteiger partial charge in [0.25, 0.3) is 0 Å². The number of rotatable bonds is 5. The first-order valence-electron chi connectivity index (χ1n) is 10.1. The lowest BCUT2D eigenvalue weighted by atomic mass is 9.97. The molecule has 5 nitrogen and oxygen atoms in total. The molecule has 1 N–H and O–H groups in total. The summed E-state index contributed by atoms with van der Waals surface area (Å²) in [6.45, 7) is 2.58. The van der Waals surface area contributed by atoms with Crippen molar-refractivity contribution in [3.63, 3.8) is 0 Å². The molecule has 6 heteroatoms. The highest BCUT2D eigenvalue weighted by Crippen LogP contribution is 2.31. The number of anilines is 1. The fourth-order valence-electron chi connectivity index (χ4n) is 3.65. The van der Waals surface area contributed by atoms with Gasteiger partial charge in [-0.25, -0.2) is 0 Å². The third-order valence-electron chi connectivity index (χ3n) is 5.13. The van der Waals surface area contributed by atoms with Crippen molar-refractivity contribution in [2.45, 2.75) is 69.6 Å². The molecule has 0 bridgehead atoms. The number of nitrogens with zero attached hydrogens (tertiary/aromatic N) is 2. The molecule has 146 valence electrons. The number of carbonyl (C=O) groups is 2. The Kier molecular flexibility index (Phi) is 7.33. The number of amides is 2. The number of aliphatic imine (C=N–C) groups is 1. The van der Waals surface area contributed by atoms with E-state index in [0.29, 0.717) is 12.6 Å². The molecule has 27 heavy (non-hydrogen) atoms. The first-order chi connectivity index (χ1) is 13.2. The van der Waals surface area contributed by atoms with Crippen LogP contribution in [0.5, 0.6) is 0 Å². The van der Waals surface area contributed by atoms with Gasteiger partial charge in [0, 0.05) is 18.7 Å². The Morgan fingerprint density at radius 1 is 1.15 bits per heavy atom. The predicted molar refractivity (Wildman–Crippen MR) is 112 cm³/mol. The first-order valence-corrected chi connectivity index (χ1v) is 11.0. The molecule has 2 aliphatic rings. The van der Waals surface area contributed by atoms with Crippen molar-refractivity contribution < 1.29 is 9.59 Å². The van der Waals surface area contributed by atoms with Gasteiger partial charge in [-0.3, -0.25) is 19.5 Å². The Morgan fingerprint density at radius 3 is 2.48 bits per heavy atom. The Hall–Kier alpha value is -1.82. The van der Waals surface area contributed by atoms with Crippen LogP contribution in [0.15, 0.2) is 35.3 Å². The Balaban J connectivity index is 1.63. The van der Waals surface area contributed by atoms with E-state index in [0.717, 1.165) is 23.7 Å². The average molecular weight is 388 g/mol. The molecule has 1 aliphatic carbocycles. The summed E-state index contributed by atoms with van der Waals surface area (Å²) in [7, 11) is 0. The lowest BCUT2D eigenvalue weighted by Gasteiger charge is -2.19. The van der Waals surface area contributed by atoms with E-state index in [-0.39, 0.29) is 23.5 Å². The maximum absolute atomic E-state index is 12.7. The molecule has 1 heterocycles. The highest BCUT2D eigenvalue weighted by molar-refractivity contribution is 8.15.